The number of nitrogens with zero attached hydrogens (tertiary/aromatic N) is 1. The van der Waals surface area contributed by atoms with Gasteiger partial charge < -0.3 is 15.0 Å². The molecule has 1 aliphatic heterocycles. The molecule has 0 aromatic heterocycles. The van der Waals surface area contributed by atoms with Gasteiger partial charge in [-0.2, -0.15) is 0 Å². The van der Waals surface area contributed by atoms with E-state index in [-0.39, 0.29) is 5.91 Å². The molecule has 1 rings (SSSR count). The molecule has 1 aliphatic rings. The summed E-state index contributed by atoms with van der Waals surface area (Å²) in [6.45, 7) is 9.37. The molecule has 106 valence electrons. The Morgan fingerprint density at radius 1 is 1.33 bits per heavy atom. The lowest BCUT2D eigenvalue weighted by atomic mass is 10.0. The van der Waals surface area contributed by atoms with E-state index in [2.05, 4.69) is 19.2 Å². The normalized spacial score (nSPS) is 17.8. The van der Waals surface area contributed by atoms with Gasteiger partial charge in [-0.25, -0.2) is 0 Å². The molecular weight excluding hydrogens is 228 g/mol. The minimum Gasteiger partial charge on any atom is -0.381 e. The van der Waals surface area contributed by atoms with Gasteiger partial charge in [0.05, 0.1) is 13.0 Å². The standard InChI is InChI=1S/C14H28N2O2/c1-3-13(2)5-4-11-18-12-6-14(17)16-9-7-15-8-10-16/h13,15H,3-12H2,1-2H3. The van der Waals surface area contributed by atoms with Crippen LogP contribution in [-0.2, 0) is 9.53 Å². The number of carbonyl (C=O) groups excluding carboxylic acids is 1. The van der Waals surface area contributed by atoms with Crippen molar-refractivity contribution in [3.8, 4) is 0 Å². The molecule has 0 bridgehead atoms. The summed E-state index contributed by atoms with van der Waals surface area (Å²) in [5, 5.41) is 3.24. The Morgan fingerprint density at radius 3 is 2.72 bits per heavy atom. The second-order valence-electron chi connectivity index (χ2n) is 5.15. The largest absolute Gasteiger partial charge is 0.381 e. The molecule has 0 saturated carbocycles. The minimum absolute atomic E-state index is 0.235. The van der Waals surface area contributed by atoms with Gasteiger partial charge in [0.1, 0.15) is 0 Å². The number of amides is 1. The van der Waals surface area contributed by atoms with Crippen molar-refractivity contribution in [3.63, 3.8) is 0 Å². The van der Waals surface area contributed by atoms with E-state index in [1.54, 1.807) is 0 Å². The Labute approximate surface area is 111 Å². The Bertz CT molecular complexity index is 228. The summed E-state index contributed by atoms with van der Waals surface area (Å²) >= 11 is 0. The molecule has 1 heterocycles. The smallest absolute Gasteiger partial charge is 0.224 e. The van der Waals surface area contributed by atoms with E-state index in [0.717, 1.165) is 45.1 Å². The van der Waals surface area contributed by atoms with Gasteiger partial charge in [0.25, 0.3) is 0 Å². The molecular formula is C14H28N2O2. The van der Waals surface area contributed by atoms with Crippen molar-refractivity contribution in [2.75, 3.05) is 39.4 Å². The van der Waals surface area contributed by atoms with Crippen LogP contribution in [0.1, 0.15) is 39.5 Å². The predicted octanol–water partition coefficient (Wildman–Crippen LogP) is 1.65. The van der Waals surface area contributed by atoms with Crippen LogP contribution in [0.3, 0.4) is 0 Å². The predicted molar refractivity (Wildman–Crippen MR) is 73.6 cm³/mol. The van der Waals surface area contributed by atoms with Crippen LogP contribution in [0, 0.1) is 5.92 Å². The van der Waals surface area contributed by atoms with Crippen molar-refractivity contribution >= 4 is 5.91 Å². The molecule has 4 heteroatoms. The molecule has 4 nitrogen and oxygen atoms in total. The topological polar surface area (TPSA) is 41.6 Å². The quantitative estimate of drug-likeness (QED) is 0.671. The molecule has 1 fully saturated rings. The van der Waals surface area contributed by atoms with Crippen LogP contribution in [-0.4, -0.2) is 50.2 Å². The highest BCUT2D eigenvalue weighted by molar-refractivity contribution is 5.76. The van der Waals surface area contributed by atoms with Crippen molar-refractivity contribution < 1.29 is 9.53 Å². The summed E-state index contributed by atoms with van der Waals surface area (Å²) in [6.07, 6.45) is 4.10. The molecule has 0 radical (unpaired) electrons. The number of rotatable bonds is 8. The van der Waals surface area contributed by atoms with Gasteiger partial charge in [-0.3, -0.25) is 4.79 Å². The number of ether oxygens (including phenoxy) is 1. The maximum atomic E-state index is 11.8. The first kappa shape index (κ1) is 15.4. The number of hydrogen-bond acceptors (Lipinski definition) is 3. The molecule has 1 saturated heterocycles. The van der Waals surface area contributed by atoms with Crippen molar-refractivity contribution in [2.45, 2.75) is 39.5 Å². The van der Waals surface area contributed by atoms with Crippen molar-refractivity contribution in [3.05, 3.63) is 0 Å². The summed E-state index contributed by atoms with van der Waals surface area (Å²) in [7, 11) is 0. The molecule has 18 heavy (non-hydrogen) atoms. The van der Waals surface area contributed by atoms with Crippen LogP contribution >= 0.6 is 0 Å². The first-order valence-corrected chi connectivity index (χ1v) is 7.30. The third-order valence-electron chi connectivity index (χ3n) is 3.61. The lowest BCUT2D eigenvalue weighted by Crippen LogP contribution is -2.46. The zero-order valence-corrected chi connectivity index (χ0v) is 11.9. The molecule has 0 aromatic carbocycles. The molecule has 0 aromatic rings. The molecule has 1 N–H and O–H groups in total. The highest BCUT2D eigenvalue weighted by atomic mass is 16.5. The van der Waals surface area contributed by atoms with E-state index in [1.165, 1.54) is 12.8 Å². The van der Waals surface area contributed by atoms with E-state index in [1.807, 2.05) is 4.90 Å². The summed E-state index contributed by atoms with van der Waals surface area (Å²) in [6, 6.07) is 0. The first-order chi connectivity index (χ1) is 8.74. The summed E-state index contributed by atoms with van der Waals surface area (Å²) < 4.78 is 5.53. The molecule has 0 spiro atoms. The Hall–Kier alpha value is -0.610. The lowest BCUT2D eigenvalue weighted by Gasteiger charge is -2.27. The fraction of sp³-hybridized carbons (Fsp3) is 0.929. The van der Waals surface area contributed by atoms with E-state index in [4.69, 9.17) is 4.74 Å². The van der Waals surface area contributed by atoms with Crippen LogP contribution in [0.5, 0.6) is 0 Å². The molecule has 1 amide bonds. The summed E-state index contributed by atoms with van der Waals surface area (Å²) in [4.78, 5) is 13.7. The highest BCUT2D eigenvalue weighted by Gasteiger charge is 2.15. The van der Waals surface area contributed by atoms with Crippen LogP contribution in [0.4, 0.5) is 0 Å². The number of carbonyl (C=O) groups is 1. The van der Waals surface area contributed by atoms with E-state index in [9.17, 15) is 4.79 Å². The van der Waals surface area contributed by atoms with Crippen molar-refractivity contribution in [1.82, 2.24) is 10.2 Å². The third-order valence-corrected chi connectivity index (χ3v) is 3.61. The number of piperazine rings is 1. The number of hydrogen-bond donors (Lipinski definition) is 1. The molecule has 1 unspecified atom stereocenters. The number of nitrogens with one attached hydrogen (secondary N) is 1. The summed E-state index contributed by atoms with van der Waals surface area (Å²) in [5.41, 5.74) is 0. The van der Waals surface area contributed by atoms with Crippen LogP contribution < -0.4 is 5.32 Å². The second-order valence-corrected chi connectivity index (χ2v) is 5.15. The van der Waals surface area contributed by atoms with Gasteiger partial charge in [-0.1, -0.05) is 20.3 Å². The second kappa shape index (κ2) is 9.34. The van der Waals surface area contributed by atoms with Gasteiger partial charge in [-0.05, 0) is 18.8 Å². The highest BCUT2D eigenvalue weighted by Crippen LogP contribution is 2.09. The maximum Gasteiger partial charge on any atom is 0.224 e. The monoisotopic (exact) mass is 256 g/mol. The van der Waals surface area contributed by atoms with Gasteiger partial charge in [-0.15, -0.1) is 0 Å². The fourth-order valence-corrected chi connectivity index (χ4v) is 2.07. The van der Waals surface area contributed by atoms with Crippen LogP contribution in [0.2, 0.25) is 0 Å². The Kier molecular flexibility index (Phi) is 8.01. The van der Waals surface area contributed by atoms with Crippen LogP contribution in [0.25, 0.3) is 0 Å². The minimum atomic E-state index is 0.235. The first-order valence-electron chi connectivity index (χ1n) is 7.30. The Balaban J connectivity index is 1.95. The average molecular weight is 256 g/mol. The maximum absolute atomic E-state index is 11.8. The van der Waals surface area contributed by atoms with Crippen molar-refractivity contribution in [1.29, 1.82) is 0 Å². The third kappa shape index (κ3) is 6.36. The zero-order chi connectivity index (χ0) is 13.2. The van der Waals surface area contributed by atoms with E-state index in [0.29, 0.717) is 13.0 Å². The lowest BCUT2D eigenvalue weighted by molar-refractivity contribution is -0.132. The SMILES string of the molecule is CCC(C)CCCOCCC(=O)N1CCNCC1. The van der Waals surface area contributed by atoms with Crippen LogP contribution in [0.15, 0.2) is 0 Å². The van der Waals surface area contributed by atoms with Gasteiger partial charge in [0.15, 0.2) is 0 Å². The molecule has 0 aliphatic carbocycles. The van der Waals surface area contributed by atoms with Gasteiger partial charge >= 0.3 is 0 Å². The van der Waals surface area contributed by atoms with E-state index < -0.39 is 0 Å². The molecule has 1 atom stereocenters. The zero-order valence-electron chi connectivity index (χ0n) is 11.9. The Morgan fingerprint density at radius 2 is 2.06 bits per heavy atom. The average Bonchev–Trinajstić information content (AvgIpc) is 2.43. The van der Waals surface area contributed by atoms with Gasteiger partial charge in [0.2, 0.25) is 5.91 Å². The summed E-state index contributed by atoms with van der Waals surface area (Å²) in [5.74, 6) is 1.02. The fourth-order valence-electron chi connectivity index (χ4n) is 2.07. The van der Waals surface area contributed by atoms with E-state index >= 15 is 0 Å². The van der Waals surface area contributed by atoms with Gasteiger partial charge in [0, 0.05) is 32.8 Å². The van der Waals surface area contributed by atoms with Crippen molar-refractivity contribution in [2.24, 2.45) is 5.92 Å².